The first-order valence-corrected chi connectivity index (χ1v) is 6.67. The van der Waals surface area contributed by atoms with E-state index in [4.69, 9.17) is 5.26 Å². The Hall–Kier alpha value is -2.46. The highest BCUT2D eigenvalue weighted by Crippen LogP contribution is 2.23. The van der Waals surface area contributed by atoms with Crippen LogP contribution in [0.2, 0.25) is 0 Å². The van der Waals surface area contributed by atoms with Crippen molar-refractivity contribution in [3.63, 3.8) is 0 Å². The third-order valence-electron chi connectivity index (χ3n) is 2.83. The van der Waals surface area contributed by atoms with E-state index >= 15 is 0 Å². The molecule has 5 nitrogen and oxygen atoms in total. The molecular weight excluding hydrogens is 341 g/mol. The second kappa shape index (κ2) is 6.33. The summed E-state index contributed by atoms with van der Waals surface area (Å²) in [7, 11) is 0. The number of hydrogen-bond acceptors (Lipinski definition) is 4. The monoisotopic (exact) mass is 349 g/mol. The van der Waals surface area contributed by atoms with Crippen LogP contribution in [0.4, 0.5) is 15.8 Å². The number of rotatable bonds is 4. The minimum absolute atomic E-state index is 0.0455. The SMILES string of the molecule is N#Cc1cc(Br)ccc1NCc1cccc([N+](=O)[O-])c1F. The number of nitriles is 1. The third kappa shape index (κ3) is 3.35. The summed E-state index contributed by atoms with van der Waals surface area (Å²) >= 11 is 3.26. The lowest BCUT2D eigenvalue weighted by molar-refractivity contribution is -0.387. The Balaban J connectivity index is 2.23. The normalized spacial score (nSPS) is 9.95. The van der Waals surface area contributed by atoms with Crippen LogP contribution in [0.1, 0.15) is 11.1 Å². The van der Waals surface area contributed by atoms with Crippen molar-refractivity contribution in [1.29, 1.82) is 5.26 Å². The van der Waals surface area contributed by atoms with Crippen LogP contribution in [-0.4, -0.2) is 4.92 Å². The van der Waals surface area contributed by atoms with E-state index in [0.717, 1.165) is 10.5 Å². The first-order chi connectivity index (χ1) is 10.0. The Labute approximate surface area is 128 Å². The van der Waals surface area contributed by atoms with Crippen LogP contribution in [-0.2, 0) is 6.54 Å². The molecule has 0 radical (unpaired) electrons. The molecule has 2 aromatic carbocycles. The Kier molecular flexibility index (Phi) is 4.50. The van der Waals surface area contributed by atoms with Gasteiger partial charge >= 0.3 is 5.69 Å². The van der Waals surface area contributed by atoms with E-state index in [0.29, 0.717) is 11.3 Å². The highest BCUT2D eigenvalue weighted by molar-refractivity contribution is 9.10. The Morgan fingerprint density at radius 3 is 2.81 bits per heavy atom. The minimum atomic E-state index is -0.870. The van der Waals surface area contributed by atoms with Crippen molar-refractivity contribution in [2.75, 3.05) is 5.32 Å². The summed E-state index contributed by atoms with van der Waals surface area (Å²) < 4.78 is 14.7. The van der Waals surface area contributed by atoms with Crippen LogP contribution in [0.3, 0.4) is 0 Å². The Morgan fingerprint density at radius 1 is 1.38 bits per heavy atom. The largest absolute Gasteiger partial charge is 0.380 e. The predicted molar refractivity (Wildman–Crippen MR) is 79.2 cm³/mol. The van der Waals surface area contributed by atoms with E-state index in [1.807, 2.05) is 6.07 Å². The van der Waals surface area contributed by atoms with Crippen molar-refractivity contribution in [3.05, 3.63) is 67.9 Å². The zero-order chi connectivity index (χ0) is 15.4. The van der Waals surface area contributed by atoms with Gasteiger partial charge in [-0.15, -0.1) is 0 Å². The van der Waals surface area contributed by atoms with Gasteiger partial charge in [0.1, 0.15) is 6.07 Å². The molecule has 0 fully saturated rings. The van der Waals surface area contributed by atoms with Gasteiger partial charge in [-0.05, 0) is 18.2 Å². The number of nitro groups is 1. The van der Waals surface area contributed by atoms with Crippen LogP contribution in [0.5, 0.6) is 0 Å². The number of nitrogens with zero attached hydrogens (tertiary/aromatic N) is 2. The molecule has 2 aromatic rings. The average Bonchev–Trinajstić information content (AvgIpc) is 2.46. The maximum absolute atomic E-state index is 13.9. The zero-order valence-electron chi connectivity index (χ0n) is 10.6. The number of nitro benzene ring substituents is 1. The van der Waals surface area contributed by atoms with Gasteiger partial charge in [0.2, 0.25) is 5.82 Å². The number of halogens is 2. The molecule has 0 aliphatic rings. The van der Waals surface area contributed by atoms with E-state index in [1.165, 1.54) is 12.1 Å². The van der Waals surface area contributed by atoms with Gasteiger partial charge < -0.3 is 5.32 Å². The molecule has 0 amide bonds. The second-order valence-corrected chi connectivity index (χ2v) is 5.08. The molecule has 0 bridgehead atoms. The molecule has 0 saturated carbocycles. The lowest BCUT2D eigenvalue weighted by atomic mass is 10.1. The highest BCUT2D eigenvalue weighted by atomic mass is 79.9. The van der Waals surface area contributed by atoms with Crippen molar-refractivity contribution >= 4 is 27.3 Å². The van der Waals surface area contributed by atoms with Crippen LogP contribution >= 0.6 is 15.9 Å². The van der Waals surface area contributed by atoms with Gasteiger partial charge in [-0.2, -0.15) is 9.65 Å². The van der Waals surface area contributed by atoms with E-state index in [2.05, 4.69) is 21.2 Å². The molecule has 0 spiro atoms. The number of anilines is 1. The number of hydrogen-bond donors (Lipinski definition) is 1. The van der Waals surface area contributed by atoms with Gasteiger partial charge in [-0.25, -0.2) is 0 Å². The van der Waals surface area contributed by atoms with E-state index in [-0.39, 0.29) is 12.1 Å². The molecular formula is C14H9BrFN3O2. The van der Waals surface area contributed by atoms with Crippen LogP contribution < -0.4 is 5.32 Å². The molecule has 0 aliphatic carbocycles. The first-order valence-electron chi connectivity index (χ1n) is 5.88. The Bertz CT molecular complexity index is 743. The molecule has 7 heteroatoms. The first kappa shape index (κ1) is 14.9. The van der Waals surface area contributed by atoms with E-state index < -0.39 is 16.4 Å². The topological polar surface area (TPSA) is 79.0 Å². The lowest BCUT2D eigenvalue weighted by Gasteiger charge is -2.09. The molecule has 0 saturated heterocycles. The molecule has 0 heterocycles. The van der Waals surface area contributed by atoms with Crippen molar-refractivity contribution in [1.82, 2.24) is 0 Å². The summed E-state index contributed by atoms with van der Waals surface area (Å²) in [6, 6.07) is 11.1. The van der Waals surface area contributed by atoms with Gasteiger partial charge in [0.25, 0.3) is 0 Å². The van der Waals surface area contributed by atoms with Crippen LogP contribution in [0, 0.1) is 27.3 Å². The second-order valence-electron chi connectivity index (χ2n) is 4.16. The van der Waals surface area contributed by atoms with Crippen LogP contribution in [0.25, 0.3) is 0 Å². The van der Waals surface area contributed by atoms with Crippen molar-refractivity contribution in [2.45, 2.75) is 6.54 Å². The highest BCUT2D eigenvalue weighted by Gasteiger charge is 2.17. The molecule has 0 aliphatic heterocycles. The predicted octanol–water partition coefficient (Wildman–Crippen LogP) is 3.98. The summed E-state index contributed by atoms with van der Waals surface area (Å²) in [5.74, 6) is -0.870. The van der Waals surface area contributed by atoms with Gasteiger partial charge in [0.15, 0.2) is 0 Å². The fourth-order valence-electron chi connectivity index (χ4n) is 1.80. The standard InChI is InChI=1S/C14H9BrFN3O2/c15-11-4-5-12(10(6-11)7-17)18-8-9-2-1-3-13(14(9)16)19(20)21/h1-6,18H,8H2. The zero-order valence-corrected chi connectivity index (χ0v) is 12.2. The molecule has 21 heavy (non-hydrogen) atoms. The molecule has 2 rings (SSSR count). The fraction of sp³-hybridized carbons (Fsp3) is 0.0714. The van der Waals surface area contributed by atoms with Crippen LogP contribution in [0.15, 0.2) is 40.9 Å². The maximum Gasteiger partial charge on any atom is 0.305 e. The van der Waals surface area contributed by atoms with E-state index in [1.54, 1.807) is 18.2 Å². The van der Waals surface area contributed by atoms with Crippen molar-refractivity contribution < 1.29 is 9.31 Å². The minimum Gasteiger partial charge on any atom is -0.380 e. The molecule has 0 unspecified atom stereocenters. The van der Waals surface area contributed by atoms with Crippen molar-refractivity contribution in [2.24, 2.45) is 0 Å². The fourth-order valence-corrected chi connectivity index (χ4v) is 2.16. The van der Waals surface area contributed by atoms with Gasteiger partial charge in [-0.3, -0.25) is 10.1 Å². The van der Waals surface area contributed by atoms with Gasteiger partial charge in [0.05, 0.1) is 16.2 Å². The summed E-state index contributed by atoms with van der Waals surface area (Å²) in [5, 5.41) is 22.6. The summed E-state index contributed by atoms with van der Waals surface area (Å²) in [6.45, 7) is 0.0455. The smallest absolute Gasteiger partial charge is 0.305 e. The maximum atomic E-state index is 13.9. The molecule has 0 aromatic heterocycles. The van der Waals surface area contributed by atoms with E-state index in [9.17, 15) is 14.5 Å². The molecule has 0 atom stereocenters. The van der Waals surface area contributed by atoms with Crippen molar-refractivity contribution in [3.8, 4) is 6.07 Å². The number of benzene rings is 2. The summed E-state index contributed by atoms with van der Waals surface area (Å²) in [5.41, 5.74) is 0.531. The molecule has 1 N–H and O–H groups in total. The van der Waals surface area contributed by atoms with Gasteiger partial charge in [0, 0.05) is 22.6 Å². The Morgan fingerprint density at radius 2 is 2.14 bits per heavy atom. The average molecular weight is 350 g/mol. The number of nitrogens with one attached hydrogen (secondary N) is 1. The van der Waals surface area contributed by atoms with Gasteiger partial charge in [-0.1, -0.05) is 28.1 Å². The molecule has 106 valence electrons. The summed E-state index contributed by atoms with van der Waals surface area (Å²) in [4.78, 5) is 9.92. The lowest BCUT2D eigenvalue weighted by Crippen LogP contribution is -2.05. The summed E-state index contributed by atoms with van der Waals surface area (Å²) in [6.07, 6.45) is 0. The quantitative estimate of drug-likeness (QED) is 0.668. The third-order valence-corrected chi connectivity index (χ3v) is 3.32.